The molecule has 1 aliphatic rings. The number of hydrogen-bond donors (Lipinski definition) is 1. The van der Waals surface area contributed by atoms with Gasteiger partial charge in [-0.05, 0) is 30.8 Å². The van der Waals surface area contributed by atoms with Crippen LogP contribution < -0.4 is 5.73 Å². The molecule has 14 heavy (non-hydrogen) atoms. The van der Waals surface area contributed by atoms with E-state index in [2.05, 4.69) is 9.59 Å². The Balaban J connectivity index is 2.18. The molecule has 1 saturated heterocycles. The number of primary amides is 1. The number of likely N-dealkylation sites (tertiary alicyclic amines) is 1. The largest absolute Gasteiger partial charge is 0.351 e. The Kier molecular flexibility index (Phi) is 2.62. The van der Waals surface area contributed by atoms with Gasteiger partial charge in [-0.25, -0.2) is 4.79 Å². The summed E-state index contributed by atoms with van der Waals surface area (Å²) in [6, 6.07) is -0.246. The molecule has 0 aromatic carbocycles. The summed E-state index contributed by atoms with van der Waals surface area (Å²) in [6.45, 7) is 0.748. The van der Waals surface area contributed by atoms with Gasteiger partial charge in [-0.15, -0.1) is 5.10 Å². The molecule has 2 N–H and O–H groups in total. The minimum absolute atomic E-state index is 0.0984. The first-order valence-corrected chi connectivity index (χ1v) is 5.39. The maximum absolute atomic E-state index is 11.2. The predicted octanol–water partition coefficient (Wildman–Crippen LogP) is 1.14. The summed E-state index contributed by atoms with van der Waals surface area (Å²) >= 11 is 1.34. The topological polar surface area (TPSA) is 72.1 Å². The van der Waals surface area contributed by atoms with E-state index in [1.165, 1.54) is 11.5 Å². The van der Waals surface area contributed by atoms with Gasteiger partial charge in [0.25, 0.3) is 0 Å². The van der Waals surface area contributed by atoms with E-state index >= 15 is 0 Å². The van der Waals surface area contributed by atoms with Crippen LogP contribution >= 0.6 is 11.5 Å². The average molecular weight is 212 g/mol. The summed E-state index contributed by atoms with van der Waals surface area (Å²) in [6.07, 6.45) is 4.85. The van der Waals surface area contributed by atoms with E-state index in [9.17, 15) is 4.79 Å². The van der Waals surface area contributed by atoms with E-state index in [1.54, 1.807) is 11.1 Å². The Hall–Kier alpha value is -1.17. The first-order valence-electron chi connectivity index (χ1n) is 4.62. The maximum Gasteiger partial charge on any atom is 0.315 e. The highest BCUT2D eigenvalue weighted by Crippen LogP contribution is 2.31. The van der Waals surface area contributed by atoms with Crippen LogP contribution in [-0.4, -0.2) is 27.1 Å². The van der Waals surface area contributed by atoms with Crippen LogP contribution in [0.15, 0.2) is 6.20 Å². The average Bonchev–Trinajstić information content (AvgIpc) is 2.70. The minimum Gasteiger partial charge on any atom is -0.351 e. The van der Waals surface area contributed by atoms with Crippen LogP contribution in [0.2, 0.25) is 0 Å². The predicted molar refractivity (Wildman–Crippen MR) is 52.8 cm³/mol. The van der Waals surface area contributed by atoms with Gasteiger partial charge in [0.15, 0.2) is 0 Å². The van der Waals surface area contributed by atoms with Crippen molar-refractivity contribution in [1.29, 1.82) is 0 Å². The first-order chi connectivity index (χ1) is 6.79. The lowest BCUT2D eigenvalue weighted by atomic mass is 10.0. The molecule has 0 spiro atoms. The van der Waals surface area contributed by atoms with E-state index in [4.69, 9.17) is 5.73 Å². The first kappa shape index (κ1) is 9.39. The second kappa shape index (κ2) is 3.91. The number of nitrogens with zero attached hydrogens (tertiary/aromatic N) is 3. The van der Waals surface area contributed by atoms with Gasteiger partial charge >= 0.3 is 6.03 Å². The molecule has 2 rings (SSSR count). The van der Waals surface area contributed by atoms with Crippen molar-refractivity contribution in [3.05, 3.63) is 11.1 Å². The van der Waals surface area contributed by atoms with Crippen molar-refractivity contribution in [2.45, 2.75) is 25.3 Å². The van der Waals surface area contributed by atoms with Gasteiger partial charge in [0.2, 0.25) is 0 Å². The van der Waals surface area contributed by atoms with Crippen molar-refractivity contribution in [3.63, 3.8) is 0 Å². The zero-order chi connectivity index (χ0) is 9.97. The molecule has 1 aromatic heterocycles. The van der Waals surface area contributed by atoms with Crippen molar-refractivity contribution in [2.24, 2.45) is 5.73 Å². The highest BCUT2D eigenvalue weighted by Gasteiger charge is 2.27. The van der Waals surface area contributed by atoms with Crippen LogP contribution in [0.4, 0.5) is 4.79 Å². The number of amides is 2. The van der Waals surface area contributed by atoms with Crippen molar-refractivity contribution in [1.82, 2.24) is 14.5 Å². The monoisotopic (exact) mass is 212 g/mol. The van der Waals surface area contributed by atoms with Crippen LogP contribution in [-0.2, 0) is 0 Å². The van der Waals surface area contributed by atoms with Crippen LogP contribution in [0.3, 0.4) is 0 Å². The van der Waals surface area contributed by atoms with E-state index < -0.39 is 0 Å². The SMILES string of the molecule is NC(=O)N1CCCCC1c1cnns1. The number of urea groups is 1. The molecule has 0 bridgehead atoms. The van der Waals surface area contributed by atoms with Crippen molar-refractivity contribution in [2.75, 3.05) is 6.54 Å². The lowest BCUT2D eigenvalue weighted by molar-refractivity contribution is 0.161. The molecular weight excluding hydrogens is 200 g/mol. The van der Waals surface area contributed by atoms with Gasteiger partial charge in [-0.1, -0.05) is 4.49 Å². The third kappa shape index (κ3) is 1.70. The molecule has 76 valence electrons. The third-order valence-corrected chi connectivity index (χ3v) is 3.26. The van der Waals surface area contributed by atoms with Crippen LogP contribution in [0.5, 0.6) is 0 Å². The molecule has 1 aliphatic heterocycles. The molecule has 1 atom stereocenters. The van der Waals surface area contributed by atoms with Gasteiger partial charge in [-0.2, -0.15) is 0 Å². The van der Waals surface area contributed by atoms with E-state index in [1.807, 2.05) is 0 Å². The molecule has 1 unspecified atom stereocenters. The number of carbonyl (C=O) groups is 1. The van der Waals surface area contributed by atoms with Crippen LogP contribution in [0.25, 0.3) is 0 Å². The summed E-state index contributed by atoms with van der Waals surface area (Å²) in [4.78, 5) is 13.9. The molecule has 0 aliphatic carbocycles. The zero-order valence-corrected chi connectivity index (χ0v) is 8.54. The molecule has 5 nitrogen and oxygen atoms in total. The summed E-state index contributed by atoms with van der Waals surface area (Å²) < 4.78 is 3.80. The number of aromatic nitrogens is 2. The Morgan fingerprint density at radius 2 is 2.50 bits per heavy atom. The van der Waals surface area contributed by atoms with Crippen molar-refractivity contribution in [3.8, 4) is 0 Å². The number of hydrogen-bond acceptors (Lipinski definition) is 4. The molecule has 6 heteroatoms. The zero-order valence-electron chi connectivity index (χ0n) is 7.72. The van der Waals surface area contributed by atoms with E-state index in [0.717, 1.165) is 30.7 Å². The molecular formula is C8H12N4OS. The minimum atomic E-state index is -0.344. The Morgan fingerprint density at radius 3 is 3.14 bits per heavy atom. The lowest BCUT2D eigenvalue weighted by Crippen LogP contribution is -2.41. The number of nitrogens with two attached hydrogens (primary N) is 1. The normalized spacial score (nSPS) is 22.3. The summed E-state index contributed by atoms with van der Waals surface area (Å²) in [7, 11) is 0. The second-order valence-electron chi connectivity index (χ2n) is 3.36. The van der Waals surface area contributed by atoms with Crippen LogP contribution in [0, 0.1) is 0 Å². The Bertz CT molecular complexity index is 313. The molecule has 2 amide bonds. The second-order valence-corrected chi connectivity index (χ2v) is 4.18. The molecule has 1 aromatic rings. The quantitative estimate of drug-likeness (QED) is 0.758. The van der Waals surface area contributed by atoms with Gasteiger partial charge in [0.05, 0.1) is 17.1 Å². The van der Waals surface area contributed by atoms with Gasteiger partial charge in [-0.3, -0.25) is 0 Å². The number of piperidine rings is 1. The molecule has 2 heterocycles. The fourth-order valence-electron chi connectivity index (χ4n) is 1.81. The maximum atomic E-state index is 11.2. The van der Waals surface area contributed by atoms with Gasteiger partial charge < -0.3 is 10.6 Å². The van der Waals surface area contributed by atoms with Crippen molar-refractivity contribution < 1.29 is 4.79 Å². The van der Waals surface area contributed by atoms with Gasteiger partial charge in [0.1, 0.15) is 0 Å². The number of rotatable bonds is 1. The van der Waals surface area contributed by atoms with Gasteiger partial charge in [0, 0.05) is 6.54 Å². The highest BCUT2D eigenvalue weighted by molar-refractivity contribution is 7.05. The highest BCUT2D eigenvalue weighted by atomic mass is 32.1. The van der Waals surface area contributed by atoms with E-state index in [0.29, 0.717) is 0 Å². The molecule has 1 fully saturated rings. The summed E-state index contributed by atoms with van der Waals surface area (Å²) in [5.41, 5.74) is 5.31. The number of carbonyl (C=O) groups excluding carboxylic acids is 1. The summed E-state index contributed by atoms with van der Waals surface area (Å²) in [5, 5.41) is 3.78. The third-order valence-electron chi connectivity index (χ3n) is 2.49. The van der Waals surface area contributed by atoms with E-state index in [-0.39, 0.29) is 12.1 Å². The standard InChI is InChI=1S/C8H12N4OS/c9-8(13)12-4-2-1-3-6(12)7-5-10-11-14-7/h5-6H,1-4H2,(H2,9,13). The Morgan fingerprint density at radius 1 is 1.64 bits per heavy atom. The van der Waals surface area contributed by atoms with Crippen LogP contribution in [0.1, 0.15) is 30.2 Å². The molecule has 0 radical (unpaired) electrons. The fourth-order valence-corrected chi connectivity index (χ4v) is 2.46. The smallest absolute Gasteiger partial charge is 0.315 e. The summed E-state index contributed by atoms with van der Waals surface area (Å²) in [5.74, 6) is 0. The Labute approximate surface area is 86.1 Å². The van der Waals surface area contributed by atoms with Crippen molar-refractivity contribution >= 4 is 17.6 Å². The molecule has 0 saturated carbocycles. The lowest BCUT2D eigenvalue weighted by Gasteiger charge is -2.33. The fraction of sp³-hybridized carbons (Fsp3) is 0.625.